The topological polar surface area (TPSA) is 12.9 Å². The van der Waals surface area contributed by atoms with Crippen molar-refractivity contribution >= 4 is 53.9 Å². The standard InChI is InChI=1S/C29H17N/c1-2-7-22-18(4-1)10-14-25-23(22)16-17-30-29(25)26-15-12-21-9-8-19-5-3-6-20-11-13-24(26)28(21)27(19)20/h1-17H. The summed E-state index contributed by atoms with van der Waals surface area (Å²) < 4.78 is 0. The molecule has 0 amide bonds. The lowest BCUT2D eigenvalue weighted by molar-refractivity contribution is 1.37. The van der Waals surface area contributed by atoms with Gasteiger partial charge in [-0.25, -0.2) is 0 Å². The minimum Gasteiger partial charge on any atom is -0.256 e. The summed E-state index contributed by atoms with van der Waals surface area (Å²) in [6.07, 6.45) is 1.95. The van der Waals surface area contributed by atoms with Gasteiger partial charge in [0, 0.05) is 17.1 Å². The lowest BCUT2D eigenvalue weighted by atomic mass is 9.90. The van der Waals surface area contributed by atoms with Crippen LogP contribution in [0.15, 0.2) is 103 Å². The third kappa shape index (κ3) is 2.04. The molecule has 138 valence electrons. The molecule has 0 aliphatic carbocycles. The summed E-state index contributed by atoms with van der Waals surface area (Å²) >= 11 is 0. The van der Waals surface area contributed by atoms with Gasteiger partial charge in [-0.1, -0.05) is 91.0 Å². The third-order valence-corrected chi connectivity index (χ3v) is 6.45. The van der Waals surface area contributed by atoms with E-state index in [2.05, 4.69) is 97.1 Å². The lowest BCUT2D eigenvalue weighted by Crippen LogP contribution is -1.91. The van der Waals surface area contributed by atoms with Crippen LogP contribution in [0.3, 0.4) is 0 Å². The van der Waals surface area contributed by atoms with E-state index < -0.39 is 0 Å². The van der Waals surface area contributed by atoms with E-state index in [-0.39, 0.29) is 0 Å². The second-order valence-corrected chi connectivity index (χ2v) is 8.01. The van der Waals surface area contributed by atoms with Crippen LogP contribution in [-0.4, -0.2) is 4.98 Å². The molecule has 0 atom stereocenters. The zero-order valence-electron chi connectivity index (χ0n) is 16.3. The summed E-state index contributed by atoms with van der Waals surface area (Å²) in [7, 11) is 0. The average Bonchev–Trinajstić information content (AvgIpc) is 2.82. The molecule has 0 saturated carbocycles. The van der Waals surface area contributed by atoms with Crippen molar-refractivity contribution in [2.45, 2.75) is 0 Å². The first-order chi connectivity index (χ1) is 14.9. The molecule has 0 saturated heterocycles. The smallest absolute Gasteiger partial charge is 0.0786 e. The number of fused-ring (bicyclic) bond motifs is 3. The van der Waals surface area contributed by atoms with E-state index in [9.17, 15) is 0 Å². The van der Waals surface area contributed by atoms with E-state index in [0.717, 1.165) is 5.69 Å². The highest BCUT2D eigenvalue weighted by molar-refractivity contribution is 6.26. The first-order valence-corrected chi connectivity index (χ1v) is 10.3. The van der Waals surface area contributed by atoms with Gasteiger partial charge in [-0.15, -0.1) is 0 Å². The Bertz CT molecular complexity index is 1730. The van der Waals surface area contributed by atoms with Crippen LogP contribution in [0.2, 0.25) is 0 Å². The minimum absolute atomic E-state index is 1.05. The summed E-state index contributed by atoms with van der Waals surface area (Å²) in [6, 6.07) is 35.1. The first-order valence-electron chi connectivity index (χ1n) is 10.3. The molecule has 7 aromatic rings. The molecule has 30 heavy (non-hydrogen) atoms. The number of benzene rings is 6. The van der Waals surface area contributed by atoms with Crippen LogP contribution in [0.5, 0.6) is 0 Å². The molecule has 0 radical (unpaired) electrons. The Morgan fingerprint density at radius 1 is 0.400 bits per heavy atom. The second-order valence-electron chi connectivity index (χ2n) is 8.01. The normalized spacial score (nSPS) is 12.0. The fraction of sp³-hybridized carbons (Fsp3) is 0. The Kier molecular flexibility index (Phi) is 3.06. The Morgan fingerprint density at radius 2 is 1.07 bits per heavy atom. The molecule has 6 aromatic carbocycles. The van der Waals surface area contributed by atoms with Crippen LogP contribution < -0.4 is 0 Å². The zero-order valence-corrected chi connectivity index (χ0v) is 16.3. The van der Waals surface area contributed by atoms with Gasteiger partial charge in [0.05, 0.1) is 5.69 Å². The van der Waals surface area contributed by atoms with Gasteiger partial charge in [0.1, 0.15) is 0 Å². The largest absolute Gasteiger partial charge is 0.256 e. The molecule has 0 bridgehead atoms. The predicted molar refractivity (Wildman–Crippen MR) is 128 cm³/mol. The van der Waals surface area contributed by atoms with E-state index in [4.69, 9.17) is 4.98 Å². The fourth-order valence-electron chi connectivity index (χ4n) is 5.09. The highest BCUT2D eigenvalue weighted by atomic mass is 14.7. The SMILES string of the molecule is c1ccc2c(c1)ccc1c(-c3ccc4ccc5cccc6ccc3c4c56)nccc12. The maximum absolute atomic E-state index is 4.87. The van der Waals surface area contributed by atoms with E-state index >= 15 is 0 Å². The molecule has 0 aliphatic heterocycles. The van der Waals surface area contributed by atoms with Crippen molar-refractivity contribution in [3.8, 4) is 11.3 Å². The highest BCUT2D eigenvalue weighted by Crippen LogP contribution is 2.40. The zero-order chi connectivity index (χ0) is 19.7. The molecule has 1 heterocycles. The van der Waals surface area contributed by atoms with Crippen LogP contribution in [0.4, 0.5) is 0 Å². The maximum atomic E-state index is 4.87. The summed E-state index contributed by atoms with van der Waals surface area (Å²) in [6.45, 7) is 0. The van der Waals surface area contributed by atoms with E-state index in [1.807, 2.05) is 6.20 Å². The lowest BCUT2D eigenvalue weighted by Gasteiger charge is -2.15. The molecule has 0 N–H and O–H groups in total. The fourth-order valence-corrected chi connectivity index (χ4v) is 5.09. The summed E-state index contributed by atoms with van der Waals surface area (Å²) in [5.74, 6) is 0. The van der Waals surface area contributed by atoms with Crippen LogP contribution in [0.1, 0.15) is 0 Å². The van der Waals surface area contributed by atoms with Gasteiger partial charge >= 0.3 is 0 Å². The van der Waals surface area contributed by atoms with Crippen LogP contribution in [0.25, 0.3) is 65.1 Å². The van der Waals surface area contributed by atoms with Gasteiger partial charge in [0.15, 0.2) is 0 Å². The van der Waals surface area contributed by atoms with Crippen LogP contribution in [-0.2, 0) is 0 Å². The van der Waals surface area contributed by atoms with Crippen molar-refractivity contribution in [1.29, 1.82) is 0 Å². The Labute approximate surface area is 173 Å². The molecule has 1 heteroatoms. The van der Waals surface area contributed by atoms with E-state index in [1.165, 1.54) is 59.4 Å². The quantitative estimate of drug-likeness (QED) is 0.264. The molecule has 0 fully saturated rings. The number of hydrogen-bond donors (Lipinski definition) is 0. The van der Waals surface area contributed by atoms with Gasteiger partial charge in [-0.3, -0.25) is 4.98 Å². The first kappa shape index (κ1) is 15.9. The van der Waals surface area contributed by atoms with Crippen molar-refractivity contribution in [2.24, 2.45) is 0 Å². The van der Waals surface area contributed by atoms with Crippen LogP contribution >= 0.6 is 0 Å². The van der Waals surface area contributed by atoms with Crippen molar-refractivity contribution in [2.75, 3.05) is 0 Å². The molecule has 1 nitrogen and oxygen atoms in total. The van der Waals surface area contributed by atoms with Crippen molar-refractivity contribution in [3.63, 3.8) is 0 Å². The second kappa shape index (κ2) is 5.77. The van der Waals surface area contributed by atoms with Gasteiger partial charge < -0.3 is 0 Å². The number of hydrogen-bond acceptors (Lipinski definition) is 1. The molecular formula is C29H17N. The van der Waals surface area contributed by atoms with Gasteiger partial charge in [-0.05, 0) is 54.5 Å². The average molecular weight is 379 g/mol. The minimum atomic E-state index is 1.05. The number of nitrogens with zero attached hydrogens (tertiary/aromatic N) is 1. The predicted octanol–water partition coefficient (Wildman–Crippen LogP) is 7.95. The monoisotopic (exact) mass is 379 g/mol. The number of rotatable bonds is 1. The van der Waals surface area contributed by atoms with Gasteiger partial charge in [0.2, 0.25) is 0 Å². The number of aromatic nitrogens is 1. The van der Waals surface area contributed by atoms with E-state index in [0.29, 0.717) is 0 Å². The van der Waals surface area contributed by atoms with Crippen molar-refractivity contribution in [3.05, 3.63) is 103 Å². The van der Waals surface area contributed by atoms with Gasteiger partial charge in [0.25, 0.3) is 0 Å². The molecular weight excluding hydrogens is 362 g/mol. The van der Waals surface area contributed by atoms with Crippen molar-refractivity contribution < 1.29 is 0 Å². The number of pyridine rings is 1. The van der Waals surface area contributed by atoms with Crippen LogP contribution in [0, 0.1) is 0 Å². The summed E-state index contributed by atoms with van der Waals surface area (Å²) in [4.78, 5) is 4.87. The Hall–Kier alpha value is -3.97. The van der Waals surface area contributed by atoms with E-state index in [1.54, 1.807) is 0 Å². The highest BCUT2D eigenvalue weighted by Gasteiger charge is 2.14. The molecule has 0 spiro atoms. The molecule has 7 rings (SSSR count). The van der Waals surface area contributed by atoms with Crippen molar-refractivity contribution in [1.82, 2.24) is 4.98 Å². The molecule has 0 unspecified atom stereocenters. The molecule has 0 aliphatic rings. The summed E-state index contributed by atoms with van der Waals surface area (Å²) in [5.41, 5.74) is 2.25. The Morgan fingerprint density at radius 3 is 1.97 bits per heavy atom. The Balaban J connectivity index is 1.64. The maximum Gasteiger partial charge on any atom is 0.0786 e. The molecule has 1 aromatic heterocycles. The van der Waals surface area contributed by atoms with Gasteiger partial charge in [-0.2, -0.15) is 0 Å². The summed E-state index contributed by atoms with van der Waals surface area (Å²) in [5, 5.41) is 12.8. The third-order valence-electron chi connectivity index (χ3n) is 6.45.